The molecule has 1 aliphatic rings. The molecule has 0 aliphatic heterocycles. The molecule has 34 heavy (non-hydrogen) atoms. The lowest BCUT2D eigenvalue weighted by molar-refractivity contribution is -0.117. The van der Waals surface area contributed by atoms with Crippen LogP contribution in [0.3, 0.4) is 0 Å². The van der Waals surface area contributed by atoms with E-state index >= 15 is 0 Å². The van der Waals surface area contributed by atoms with E-state index in [1.165, 1.54) is 0 Å². The largest absolute Gasteiger partial charge is 0.326 e. The summed E-state index contributed by atoms with van der Waals surface area (Å²) in [7, 11) is 0. The first kappa shape index (κ1) is 25.2. The smallest absolute Gasteiger partial charge is 0.255 e. The summed E-state index contributed by atoms with van der Waals surface area (Å²) in [6, 6.07) is 15.3. The van der Waals surface area contributed by atoms with E-state index in [9.17, 15) is 9.59 Å². The van der Waals surface area contributed by atoms with Gasteiger partial charge in [0.25, 0.3) is 5.91 Å². The van der Waals surface area contributed by atoms with E-state index in [2.05, 4.69) is 10.6 Å². The Morgan fingerprint density at radius 1 is 0.824 bits per heavy atom. The minimum Gasteiger partial charge on any atom is -0.326 e. The minimum atomic E-state index is -1.30. The molecule has 0 radical (unpaired) electrons. The highest BCUT2D eigenvalue weighted by molar-refractivity contribution is 6.53. The number of nitrogens with one attached hydrogen (secondary N) is 2. The van der Waals surface area contributed by atoms with E-state index in [4.69, 9.17) is 58.0 Å². The number of aryl methyl sites for hydroxylation is 2. The molecular formula is C25H19Cl5N2O2. The van der Waals surface area contributed by atoms with E-state index in [0.717, 1.165) is 11.1 Å². The van der Waals surface area contributed by atoms with Crippen LogP contribution in [-0.4, -0.2) is 16.1 Å². The van der Waals surface area contributed by atoms with Crippen LogP contribution in [-0.2, 0) is 4.79 Å². The first-order valence-electron chi connectivity index (χ1n) is 10.3. The van der Waals surface area contributed by atoms with Crippen molar-refractivity contribution in [2.45, 2.75) is 24.1 Å². The first-order valence-corrected chi connectivity index (χ1v) is 12.2. The Balaban J connectivity index is 1.51. The van der Waals surface area contributed by atoms with Crippen molar-refractivity contribution in [3.05, 3.63) is 91.9 Å². The van der Waals surface area contributed by atoms with Crippen molar-refractivity contribution in [2.24, 2.45) is 5.92 Å². The molecular weight excluding hydrogens is 538 g/mol. The number of hydrogen-bond donors (Lipinski definition) is 2. The molecule has 0 saturated heterocycles. The standard InChI is InChI=1S/C25H19Cl5N2O2/c1-12-5-13(2)7-15(6-12)23(33)32-20-11-18(3-4-19(20)28)31-24(34)22-21(25(22,29)30)14-8-16(26)10-17(27)9-14/h3-11,21-22H,1-2H3,(H,31,34)(H,32,33)/t21-,22+/m0/s1. The van der Waals surface area contributed by atoms with Crippen LogP contribution in [0.2, 0.25) is 15.1 Å². The summed E-state index contributed by atoms with van der Waals surface area (Å²) in [4.78, 5) is 25.7. The number of anilines is 2. The van der Waals surface area contributed by atoms with Crippen molar-refractivity contribution in [3.8, 4) is 0 Å². The zero-order chi connectivity index (χ0) is 24.8. The molecule has 2 N–H and O–H groups in total. The Bertz CT molecular complexity index is 1270. The van der Waals surface area contributed by atoms with Gasteiger partial charge in [0, 0.05) is 27.2 Å². The number of benzene rings is 3. The molecule has 2 amide bonds. The number of amides is 2. The van der Waals surface area contributed by atoms with E-state index in [-0.39, 0.29) is 11.8 Å². The fourth-order valence-electron chi connectivity index (χ4n) is 4.04. The van der Waals surface area contributed by atoms with E-state index < -0.39 is 16.2 Å². The van der Waals surface area contributed by atoms with Gasteiger partial charge < -0.3 is 10.6 Å². The highest BCUT2D eigenvalue weighted by atomic mass is 35.5. The second kappa shape index (κ2) is 9.60. The Labute approximate surface area is 222 Å². The zero-order valence-corrected chi connectivity index (χ0v) is 21.8. The van der Waals surface area contributed by atoms with E-state index in [1.54, 1.807) is 48.5 Å². The Hall–Kier alpha value is -1.95. The van der Waals surface area contributed by atoms with Gasteiger partial charge in [0.1, 0.15) is 4.33 Å². The molecule has 3 aromatic rings. The maximum absolute atomic E-state index is 13.0. The van der Waals surface area contributed by atoms with Crippen LogP contribution in [0.5, 0.6) is 0 Å². The monoisotopic (exact) mass is 554 g/mol. The maximum atomic E-state index is 13.0. The van der Waals surface area contributed by atoms with Crippen LogP contribution in [0.15, 0.2) is 54.6 Å². The van der Waals surface area contributed by atoms with Crippen molar-refractivity contribution in [2.75, 3.05) is 10.6 Å². The number of alkyl halides is 2. The fraction of sp³-hybridized carbons (Fsp3) is 0.200. The number of carbonyl (C=O) groups excluding carboxylic acids is 2. The molecule has 9 heteroatoms. The van der Waals surface area contributed by atoms with Crippen LogP contribution >= 0.6 is 58.0 Å². The third kappa shape index (κ3) is 5.32. The van der Waals surface area contributed by atoms with Gasteiger partial charge in [0.15, 0.2) is 0 Å². The summed E-state index contributed by atoms with van der Waals surface area (Å²) < 4.78 is -1.30. The van der Waals surface area contributed by atoms with Gasteiger partial charge in [-0.3, -0.25) is 9.59 Å². The van der Waals surface area contributed by atoms with Crippen LogP contribution < -0.4 is 10.6 Å². The molecule has 1 aliphatic carbocycles. The van der Waals surface area contributed by atoms with Gasteiger partial charge in [-0.1, -0.05) is 52.0 Å². The second-order valence-electron chi connectivity index (χ2n) is 8.35. The van der Waals surface area contributed by atoms with Gasteiger partial charge in [-0.25, -0.2) is 0 Å². The molecule has 176 valence electrons. The van der Waals surface area contributed by atoms with Crippen molar-refractivity contribution in [1.82, 2.24) is 0 Å². The highest BCUT2D eigenvalue weighted by Gasteiger charge is 2.67. The summed E-state index contributed by atoms with van der Waals surface area (Å²) in [5, 5.41) is 6.79. The summed E-state index contributed by atoms with van der Waals surface area (Å²) in [6.45, 7) is 3.84. The predicted octanol–water partition coefficient (Wildman–Crippen LogP) is 8.04. The normalized spacial score (nSPS) is 18.3. The molecule has 4 nitrogen and oxygen atoms in total. The summed E-state index contributed by atoms with van der Waals surface area (Å²) >= 11 is 31.3. The fourth-order valence-corrected chi connectivity index (χ4v) is 5.58. The quantitative estimate of drug-likeness (QED) is 0.313. The second-order valence-corrected chi connectivity index (χ2v) is 11.1. The molecule has 0 unspecified atom stereocenters. The third-order valence-electron chi connectivity index (χ3n) is 5.55. The Morgan fingerprint density at radius 3 is 2.06 bits per heavy atom. The molecule has 1 fully saturated rings. The molecule has 4 rings (SSSR count). The lowest BCUT2D eigenvalue weighted by Crippen LogP contribution is -2.18. The topological polar surface area (TPSA) is 58.2 Å². The Morgan fingerprint density at radius 2 is 1.44 bits per heavy atom. The van der Waals surface area contributed by atoms with E-state index in [1.807, 2.05) is 19.9 Å². The lowest BCUT2D eigenvalue weighted by Gasteiger charge is -2.12. The molecule has 0 heterocycles. The third-order valence-corrected chi connectivity index (χ3v) is 7.25. The van der Waals surface area contributed by atoms with Gasteiger partial charge in [-0.15, -0.1) is 23.2 Å². The van der Waals surface area contributed by atoms with Crippen molar-refractivity contribution >= 4 is 81.2 Å². The van der Waals surface area contributed by atoms with Crippen molar-refractivity contribution < 1.29 is 9.59 Å². The lowest BCUT2D eigenvalue weighted by atomic mass is 10.1. The van der Waals surface area contributed by atoms with E-state index in [0.29, 0.717) is 37.6 Å². The molecule has 0 spiro atoms. The molecule has 3 aromatic carbocycles. The van der Waals surface area contributed by atoms with Crippen LogP contribution in [0.1, 0.15) is 33.0 Å². The first-order chi connectivity index (χ1) is 16.0. The average molecular weight is 557 g/mol. The number of carbonyl (C=O) groups is 2. The van der Waals surface area contributed by atoms with Crippen LogP contribution in [0, 0.1) is 19.8 Å². The van der Waals surface area contributed by atoms with Gasteiger partial charge in [-0.2, -0.15) is 0 Å². The number of rotatable bonds is 5. The minimum absolute atomic E-state index is 0.308. The number of hydrogen-bond acceptors (Lipinski definition) is 2. The molecule has 0 bridgehead atoms. The van der Waals surface area contributed by atoms with Crippen LogP contribution in [0.25, 0.3) is 0 Å². The van der Waals surface area contributed by atoms with Gasteiger partial charge in [0.2, 0.25) is 5.91 Å². The summed E-state index contributed by atoms with van der Waals surface area (Å²) in [6.07, 6.45) is 0. The Kier molecular flexibility index (Phi) is 7.10. The van der Waals surface area contributed by atoms with Gasteiger partial charge in [0.05, 0.1) is 16.6 Å². The SMILES string of the molecule is Cc1cc(C)cc(C(=O)Nc2cc(NC(=O)[C@H]3[C@H](c4cc(Cl)cc(Cl)c4)C3(Cl)Cl)ccc2Cl)c1. The van der Waals surface area contributed by atoms with Gasteiger partial charge >= 0.3 is 0 Å². The van der Waals surface area contributed by atoms with Gasteiger partial charge in [-0.05, 0) is 67.9 Å². The summed E-state index contributed by atoms with van der Waals surface area (Å²) in [5.74, 6) is -1.87. The summed E-state index contributed by atoms with van der Waals surface area (Å²) in [5.41, 5.74) is 3.94. The molecule has 2 atom stereocenters. The maximum Gasteiger partial charge on any atom is 0.255 e. The zero-order valence-electron chi connectivity index (χ0n) is 18.1. The molecule has 0 aromatic heterocycles. The number of halogens is 5. The van der Waals surface area contributed by atoms with Crippen LogP contribution in [0.4, 0.5) is 11.4 Å². The van der Waals surface area contributed by atoms with Crippen molar-refractivity contribution in [3.63, 3.8) is 0 Å². The van der Waals surface area contributed by atoms with Crippen molar-refractivity contribution in [1.29, 1.82) is 0 Å². The highest BCUT2D eigenvalue weighted by Crippen LogP contribution is 2.65. The predicted molar refractivity (Wildman–Crippen MR) is 141 cm³/mol. The molecule has 1 saturated carbocycles. The average Bonchev–Trinajstić information content (AvgIpc) is 3.31.